The van der Waals surface area contributed by atoms with Crippen molar-refractivity contribution in [2.75, 3.05) is 6.61 Å². The lowest BCUT2D eigenvalue weighted by atomic mass is 10.1. The second-order valence-electron chi connectivity index (χ2n) is 9.04. The van der Waals surface area contributed by atoms with Crippen LogP contribution in [0.2, 0.25) is 0 Å². The van der Waals surface area contributed by atoms with Crippen molar-refractivity contribution in [3.63, 3.8) is 0 Å². The third kappa shape index (κ3) is 8.57. The first-order valence-electron chi connectivity index (χ1n) is 13.0. The van der Waals surface area contributed by atoms with Gasteiger partial charge in [0.1, 0.15) is 5.75 Å². The second kappa shape index (κ2) is 14.5. The van der Waals surface area contributed by atoms with E-state index in [1.165, 1.54) is 37.7 Å². The number of ether oxygens (including phenoxy) is 2. The number of nitrogens with zero attached hydrogens (tertiary/aromatic N) is 2. The Morgan fingerprint density at radius 2 is 1.35 bits per heavy atom. The minimum Gasteiger partial charge on any atom is -0.494 e. The molecular formula is C30H40N2O2. The number of hydrogen-bond acceptors (Lipinski definition) is 4. The van der Waals surface area contributed by atoms with Crippen LogP contribution in [0.4, 0.5) is 0 Å². The molecule has 0 saturated carbocycles. The van der Waals surface area contributed by atoms with Crippen molar-refractivity contribution in [2.45, 2.75) is 84.8 Å². The van der Waals surface area contributed by atoms with E-state index in [1.54, 1.807) is 0 Å². The lowest BCUT2D eigenvalue weighted by Gasteiger charge is -2.12. The highest BCUT2D eigenvalue weighted by molar-refractivity contribution is 5.64. The Hall–Kier alpha value is -2.72. The zero-order valence-corrected chi connectivity index (χ0v) is 21.1. The molecule has 1 atom stereocenters. The monoisotopic (exact) mass is 460 g/mol. The van der Waals surface area contributed by atoms with Gasteiger partial charge in [-0.05, 0) is 43.0 Å². The molecule has 0 aliphatic rings. The summed E-state index contributed by atoms with van der Waals surface area (Å²) < 4.78 is 11.8. The van der Waals surface area contributed by atoms with E-state index in [0.717, 1.165) is 54.1 Å². The van der Waals surface area contributed by atoms with Crippen LogP contribution in [0.25, 0.3) is 22.5 Å². The first-order chi connectivity index (χ1) is 16.7. The number of unbranched alkanes of at least 4 members (excludes halogenated alkanes) is 5. The summed E-state index contributed by atoms with van der Waals surface area (Å²) in [5.74, 6) is 1.65. The topological polar surface area (TPSA) is 44.2 Å². The minimum absolute atomic E-state index is 0.293. The van der Waals surface area contributed by atoms with E-state index in [2.05, 4.69) is 67.1 Å². The zero-order chi connectivity index (χ0) is 24.0. The molecule has 0 saturated heterocycles. The predicted octanol–water partition coefficient (Wildman–Crippen LogP) is 8.26. The van der Waals surface area contributed by atoms with Gasteiger partial charge in [0, 0.05) is 23.5 Å². The van der Waals surface area contributed by atoms with Gasteiger partial charge in [-0.1, -0.05) is 88.8 Å². The molecular weight excluding hydrogens is 420 g/mol. The smallest absolute Gasteiger partial charge is 0.159 e. The summed E-state index contributed by atoms with van der Waals surface area (Å²) in [4.78, 5) is 9.19. The van der Waals surface area contributed by atoms with E-state index in [4.69, 9.17) is 9.47 Å². The largest absolute Gasteiger partial charge is 0.494 e. The van der Waals surface area contributed by atoms with E-state index in [1.807, 2.05) is 24.5 Å². The van der Waals surface area contributed by atoms with Gasteiger partial charge in [-0.25, -0.2) is 9.97 Å². The Morgan fingerprint density at radius 1 is 0.706 bits per heavy atom. The van der Waals surface area contributed by atoms with E-state index < -0.39 is 0 Å². The average Bonchev–Trinajstić information content (AvgIpc) is 2.88. The Bertz CT molecular complexity index is 937. The van der Waals surface area contributed by atoms with Crippen molar-refractivity contribution in [3.05, 3.63) is 66.5 Å². The van der Waals surface area contributed by atoms with Crippen LogP contribution in [0.5, 0.6) is 5.75 Å². The normalized spacial score (nSPS) is 12.0. The van der Waals surface area contributed by atoms with Crippen LogP contribution >= 0.6 is 0 Å². The summed E-state index contributed by atoms with van der Waals surface area (Å²) in [7, 11) is 0. The Kier molecular flexibility index (Phi) is 11.1. The van der Waals surface area contributed by atoms with Crippen LogP contribution in [-0.4, -0.2) is 22.7 Å². The molecule has 0 fully saturated rings. The van der Waals surface area contributed by atoms with Gasteiger partial charge < -0.3 is 9.47 Å². The molecule has 0 aliphatic heterocycles. The third-order valence-electron chi connectivity index (χ3n) is 6.05. The molecule has 0 N–H and O–H groups in total. The summed E-state index contributed by atoms with van der Waals surface area (Å²) in [5, 5.41) is 0. The van der Waals surface area contributed by atoms with Crippen molar-refractivity contribution < 1.29 is 9.47 Å². The number of rotatable bonds is 15. The third-order valence-corrected chi connectivity index (χ3v) is 6.05. The first kappa shape index (κ1) is 25.9. The lowest BCUT2D eigenvalue weighted by Crippen LogP contribution is -2.07. The maximum atomic E-state index is 5.89. The van der Waals surface area contributed by atoms with E-state index in [-0.39, 0.29) is 0 Å². The van der Waals surface area contributed by atoms with E-state index in [0.29, 0.717) is 12.7 Å². The van der Waals surface area contributed by atoms with Crippen LogP contribution in [0.15, 0.2) is 60.9 Å². The molecule has 0 radical (unpaired) electrons. The summed E-state index contributed by atoms with van der Waals surface area (Å²) in [6.07, 6.45) is 13.9. The van der Waals surface area contributed by atoms with Gasteiger partial charge in [-0.2, -0.15) is 0 Å². The van der Waals surface area contributed by atoms with Gasteiger partial charge in [0.15, 0.2) is 5.82 Å². The predicted molar refractivity (Wildman–Crippen MR) is 141 cm³/mol. The Labute approximate surface area is 205 Å². The fraction of sp³-hybridized carbons (Fsp3) is 0.467. The van der Waals surface area contributed by atoms with Gasteiger partial charge in [0.05, 0.1) is 19.3 Å². The Morgan fingerprint density at radius 3 is 2.03 bits per heavy atom. The number of hydrogen-bond donors (Lipinski definition) is 0. The molecule has 1 aromatic heterocycles. The van der Waals surface area contributed by atoms with Crippen LogP contribution in [0.3, 0.4) is 0 Å². The van der Waals surface area contributed by atoms with Crippen LogP contribution in [0, 0.1) is 0 Å². The van der Waals surface area contributed by atoms with Crippen molar-refractivity contribution >= 4 is 0 Å². The van der Waals surface area contributed by atoms with Crippen LogP contribution in [-0.2, 0) is 11.3 Å². The van der Waals surface area contributed by atoms with Gasteiger partial charge in [-0.3, -0.25) is 0 Å². The van der Waals surface area contributed by atoms with Gasteiger partial charge in [-0.15, -0.1) is 0 Å². The quantitative estimate of drug-likeness (QED) is 0.214. The average molecular weight is 461 g/mol. The fourth-order valence-corrected chi connectivity index (χ4v) is 3.92. The lowest BCUT2D eigenvalue weighted by molar-refractivity contribution is 0.0472. The Balaban J connectivity index is 1.48. The second-order valence-corrected chi connectivity index (χ2v) is 9.04. The van der Waals surface area contributed by atoms with Gasteiger partial charge in [0.25, 0.3) is 0 Å². The molecule has 4 nitrogen and oxygen atoms in total. The molecule has 4 heteroatoms. The van der Waals surface area contributed by atoms with E-state index in [9.17, 15) is 0 Å². The van der Waals surface area contributed by atoms with Crippen molar-refractivity contribution in [1.29, 1.82) is 0 Å². The van der Waals surface area contributed by atoms with E-state index >= 15 is 0 Å². The molecule has 34 heavy (non-hydrogen) atoms. The molecule has 1 heterocycles. The molecule has 3 rings (SSSR count). The molecule has 0 bridgehead atoms. The summed E-state index contributed by atoms with van der Waals surface area (Å²) >= 11 is 0. The molecule has 3 aromatic rings. The molecule has 0 spiro atoms. The highest BCUT2D eigenvalue weighted by atomic mass is 16.5. The van der Waals surface area contributed by atoms with Gasteiger partial charge in [0.2, 0.25) is 0 Å². The maximum absolute atomic E-state index is 5.89. The van der Waals surface area contributed by atoms with Crippen molar-refractivity contribution in [1.82, 2.24) is 9.97 Å². The maximum Gasteiger partial charge on any atom is 0.159 e. The summed E-state index contributed by atoms with van der Waals surface area (Å²) in [6, 6.07) is 16.5. The molecule has 0 amide bonds. The highest BCUT2D eigenvalue weighted by Crippen LogP contribution is 2.23. The molecule has 1 unspecified atom stereocenters. The van der Waals surface area contributed by atoms with Gasteiger partial charge >= 0.3 is 0 Å². The van der Waals surface area contributed by atoms with Crippen molar-refractivity contribution in [3.8, 4) is 28.3 Å². The van der Waals surface area contributed by atoms with Crippen molar-refractivity contribution in [2.24, 2.45) is 0 Å². The number of aromatic nitrogens is 2. The molecule has 182 valence electrons. The highest BCUT2D eigenvalue weighted by Gasteiger charge is 2.06. The van der Waals surface area contributed by atoms with Crippen LogP contribution in [0.1, 0.15) is 77.7 Å². The summed E-state index contributed by atoms with van der Waals surface area (Å²) in [6.45, 7) is 7.98. The summed E-state index contributed by atoms with van der Waals surface area (Å²) in [5.41, 5.74) is 4.27. The molecule has 2 aromatic carbocycles. The van der Waals surface area contributed by atoms with Crippen LogP contribution < -0.4 is 4.74 Å². The minimum atomic E-state index is 0.293. The SMILES string of the molecule is CCCCCCCCOc1ccc(-c2cnc(-c3ccc(COC(C)CCC)cc3)nc2)cc1. The zero-order valence-electron chi connectivity index (χ0n) is 21.1. The first-order valence-corrected chi connectivity index (χ1v) is 13.0. The number of benzene rings is 2. The standard InChI is InChI=1S/C30H40N2O2/c1-4-6-7-8-9-10-20-33-29-18-16-26(17-19-29)28-21-31-30(32-22-28)27-14-12-25(13-15-27)23-34-24(3)11-5-2/h12-19,21-22,24H,4-11,20,23H2,1-3H3. The fourth-order valence-electron chi connectivity index (χ4n) is 3.92. The molecule has 0 aliphatic carbocycles.